The Balaban J connectivity index is 2.54. The monoisotopic (exact) mass is 271 g/mol. The molecule has 1 amide bonds. The molecule has 1 atom stereocenters. The summed E-state index contributed by atoms with van der Waals surface area (Å²) in [7, 11) is 0. The van der Waals surface area contributed by atoms with Crippen LogP contribution in [0, 0.1) is 5.92 Å². The van der Waals surface area contributed by atoms with E-state index in [9.17, 15) is 9.59 Å². The molecule has 100 valence electrons. The molecular weight excluding hydrogens is 254 g/mol. The zero-order chi connectivity index (χ0) is 13.7. The van der Waals surface area contributed by atoms with E-state index in [0.717, 1.165) is 5.69 Å². The lowest BCUT2D eigenvalue weighted by atomic mass is 10.1. The summed E-state index contributed by atoms with van der Waals surface area (Å²) in [4.78, 5) is 26.0. The van der Waals surface area contributed by atoms with Crippen molar-refractivity contribution in [2.45, 2.75) is 33.4 Å². The van der Waals surface area contributed by atoms with Crippen molar-refractivity contribution in [3.05, 3.63) is 11.1 Å². The molecule has 0 bridgehead atoms. The molecule has 1 unspecified atom stereocenters. The van der Waals surface area contributed by atoms with Crippen LogP contribution in [0.5, 0.6) is 0 Å². The maximum atomic E-state index is 11.0. The summed E-state index contributed by atoms with van der Waals surface area (Å²) in [5.41, 5.74) is 0.718. The standard InChI is InChI=1S/C11H17N3O3S/c1-6(2)9(10(16)17)12-4-8-5-18-11(14-8)13-7(3)15/h5-6,9,12H,4H2,1-3H3,(H,16,17)(H,13,14,15). The number of aromatic nitrogens is 1. The number of rotatable bonds is 6. The number of aliphatic carboxylic acids is 1. The summed E-state index contributed by atoms with van der Waals surface area (Å²) in [6.45, 7) is 5.47. The number of carboxylic acid groups (broad SMARTS) is 1. The van der Waals surface area contributed by atoms with Crippen LogP contribution in [0.2, 0.25) is 0 Å². The Kier molecular flexibility index (Phi) is 5.24. The van der Waals surface area contributed by atoms with Gasteiger partial charge in [0.2, 0.25) is 5.91 Å². The van der Waals surface area contributed by atoms with Crippen molar-refractivity contribution in [1.82, 2.24) is 10.3 Å². The van der Waals surface area contributed by atoms with E-state index in [1.807, 2.05) is 13.8 Å². The summed E-state index contributed by atoms with van der Waals surface area (Å²) >= 11 is 1.32. The largest absolute Gasteiger partial charge is 0.480 e. The van der Waals surface area contributed by atoms with Crippen LogP contribution in [0.4, 0.5) is 5.13 Å². The van der Waals surface area contributed by atoms with E-state index >= 15 is 0 Å². The first-order chi connectivity index (χ1) is 8.40. The average Bonchev–Trinajstić information content (AvgIpc) is 2.63. The Bertz CT molecular complexity index is 431. The van der Waals surface area contributed by atoms with E-state index in [1.165, 1.54) is 18.3 Å². The van der Waals surface area contributed by atoms with E-state index in [1.54, 1.807) is 5.38 Å². The molecule has 7 heteroatoms. The van der Waals surface area contributed by atoms with Gasteiger partial charge in [0.25, 0.3) is 0 Å². The number of hydrogen-bond donors (Lipinski definition) is 3. The Labute approximate surface area is 109 Å². The molecule has 0 aliphatic carbocycles. The van der Waals surface area contributed by atoms with Gasteiger partial charge in [-0.25, -0.2) is 4.98 Å². The van der Waals surface area contributed by atoms with Gasteiger partial charge in [0.15, 0.2) is 5.13 Å². The molecule has 0 aromatic carbocycles. The topological polar surface area (TPSA) is 91.3 Å². The fourth-order valence-corrected chi connectivity index (χ4v) is 2.18. The normalized spacial score (nSPS) is 12.4. The highest BCUT2D eigenvalue weighted by molar-refractivity contribution is 7.13. The van der Waals surface area contributed by atoms with Crippen molar-refractivity contribution in [3.8, 4) is 0 Å². The molecule has 0 aliphatic heterocycles. The van der Waals surface area contributed by atoms with Crippen molar-refractivity contribution >= 4 is 28.3 Å². The van der Waals surface area contributed by atoms with Gasteiger partial charge in [-0.1, -0.05) is 13.8 Å². The highest BCUT2D eigenvalue weighted by atomic mass is 32.1. The van der Waals surface area contributed by atoms with Crippen LogP contribution in [0.25, 0.3) is 0 Å². The average molecular weight is 271 g/mol. The SMILES string of the molecule is CC(=O)Nc1nc(CNC(C(=O)O)C(C)C)cs1. The quantitative estimate of drug-likeness (QED) is 0.725. The molecule has 0 aliphatic rings. The van der Waals surface area contributed by atoms with Crippen LogP contribution in [0.3, 0.4) is 0 Å². The lowest BCUT2D eigenvalue weighted by Crippen LogP contribution is -2.40. The summed E-state index contributed by atoms with van der Waals surface area (Å²) in [6, 6.07) is -0.601. The predicted molar refractivity (Wildman–Crippen MR) is 69.5 cm³/mol. The van der Waals surface area contributed by atoms with Crippen LogP contribution in [0.1, 0.15) is 26.5 Å². The summed E-state index contributed by atoms with van der Waals surface area (Å²) in [5, 5.41) is 16.8. The van der Waals surface area contributed by atoms with E-state index < -0.39 is 12.0 Å². The molecule has 0 saturated carbocycles. The predicted octanol–water partition coefficient (Wildman–Crippen LogP) is 1.30. The third-order valence-electron chi connectivity index (χ3n) is 2.27. The number of anilines is 1. The second kappa shape index (κ2) is 6.46. The number of nitrogens with one attached hydrogen (secondary N) is 2. The number of carboxylic acids is 1. The molecule has 18 heavy (non-hydrogen) atoms. The number of thiazole rings is 1. The molecule has 1 rings (SSSR count). The van der Waals surface area contributed by atoms with Crippen molar-refractivity contribution in [2.24, 2.45) is 5.92 Å². The zero-order valence-electron chi connectivity index (χ0n) is 10.6. The van der Waals surface area contributed by atoms with Gasteiger partial charge in [0.1, 0.15) is 6.04 Å². The third kappa shape index (κ3) is 4.42. The summed E-state index contributed by atoms with van der Waals surface area (Å²) in [6.07, 6.45) is 0. The van der Waals surface area contributed by atoms with Gasteiger partial charge in [-0.3, -0.25) is 14.9 Å². The lowest BCUT2D eigenvalue weighted by Gasteiger charge is -2.16. The Morgan fingerprint density at radius 1 is 1.50 bits per heavy atom. The van der Waals surface area contributed by atoms with Gasteiger partial charge in [-0.05, 0) is 5.92 Å². The minimum Gasteiger partial charge on any atom is -0.480 e. The number of nitrogens with zero attached hydrogens (tertiary/aromatic N) is 1. The summed E-state index contributed by atoms with van der Waals surface area (Å²) in [5.74, 6) is -1.05. The first kappa shape index (κ1) is 14.6. The molecule has 0 saturated heterocycles. The van der Waals surface area contributed by atoms with Gasteiger partial charge in [0.05, 0.1) is 5.69 Å². The lowest BCUT2D eigenvalue weighted by molar-refractivity contribution is -0.140. The van der Waals surface area contributed by atoms with Gasteiger partial charge in [-0.2, -0.15) is 0 Å². The van der Waals surface area contributed by atoms with Gasteiger partial charge >= 0.3 is 5.97 Å². The first-order valence-electron chi connectivity index (χ1n) is 5.58. The highest BCUT2D eigenvalue weighted by Gasteiger charge is 2.20. The molecular formula is C11H17N3O3S. The van der Waals surface area contributed by atoms with Crippen LogP contribution in [-0.4, -0.2) is 28.0 Å². The third-order valence-corrected chi connectivity index (χ3v) is 3.08. The maximum Gasteiger partial charge on any atom is 0.320 e. The van der Waals surface area contributed by atoms with Crippen LogP contribution >= 0.6 is 11.3 Å². The molecule has 6 nitrogen and oxygen atoms in total. The van der Waals surface area contributed by atoms with Gasteiger partial charge in [-0.15, -0.1) is 11.3 Å². The molecule has 1 aromatic heterocycles. The Morgan fingerprint density at radius 3 is 2.67 bits per heavy atom. The minimum absolute atomic E-state index is 0.00375. The highest BCUT2D eigenvalue weighted by Crippen LogP contribution is 2.15. The molecule has 1 heterocycles. The van der Waals surface area contributed by atoms with Crippen molar-refractivity contribution in [2.75, 3.05) is 5.32 Å². The fraction of sp³-hybridized carbons (Fsp3) is 0.545. The van der Waals surface area contributed by atoms with E-state index in [0.29, 0.717) is 11.7 Å². The summed E-state index contributed by atoms with van der Waals surface area (Å²) < 4.78 is 0. The first-order valence-corrected chi connectivity index (χ1v) is 6.46. The second-order valence-corrected chi connectivity index (χ2v) is 5.12. The molecule has 3 N–H and O–H groups in total. The second-order valence-electron chi connectivity index (χ2n) is 4.27. The zero-order valence-corrected chi connectivity index (χ0v) is 11.4. The molecule has 0 spiro atoms. The maximum absolute atomic E-state index is 11.0. The Morgan fingerprint density at radius 2 is 2.17 bits per heavy atom. The number of amides is 1. The van der Waals surface area contributed by atoms with Crippen LogP contribution < -0.4 is 10.6 Å². The molecule has 0 radical (unpaired) electrons. The van der Waals surface area contributed by atoms with Crippen molar-refractivity contribution in [3.63, 3.8) is 0 Å². The number of hydrogen-bond acceptors (Lipinski definition) is 5. The van der Waals surface area contributed by atoms with Crippen LogP contribution in [0.15, 0.2) is 5.38 Å². The van der Waals surface area contributed by atoms with Gasteiger partial charge in [0, 0.05) is 18.8 Å². The van der Waals surface area contributed by atoms with Crippen molar-refractivity contribution in [1.29, 1.82) is 0 Å². The van der Waals surface area contributed by atoms with E-state index in [2.05, 4.69) is 15.6 Å². The van der Waals surface area contributed by atoms with Crippen LogP contribution in [-0.2, 0) is 16.1 Å². The minimum atomic E-state index is -0.873. The number of carbonyl (C=O) groups excluding carboxylic acids is 1. The Hall–Kier alpha value is -1.47. The van der Waals surface area contributed by atoms with Crippen molar-refractivity contribution < 1.29 is 14.7 Å². The molecule has 0 fully saturated rings. The smallest absolute Gasteiger partial charge is 0.320 e. The van der Waals surface area contributed by atoms with Gasteiger partial charge < -0.3 is 10.4 Å². The molecule has 1 aromatic rings. The van der Waals surface area contributed by atoms with E-state index in [4.69, 9.17) is 5.11 Å². The number of carbonyl (C=O) groups is 2. The fourth-order valence-electron chi connectivity index (χ4n) is 1.42. The van der Waals surface area contributed by atoms with E-state index in [-0.39, 0.29) is 11.8 Å².